The van der Waals surface area contributed by atoms with Crippen molar-refractivity contribution in [2.45, 2.75) is 17.7 Å². The van der Waals surface area contributed by atoms with Crippen LogP contribution in [0.15, 0.2) is 59.5 Å². The van der Waals surface area contributed by atoms with Crippen LogP contribution in [0, 0.1) is 0 Å². The normalized spacial score (nSPS) is 13.2. The zero-order valence-corrected chi connectivity index (χ0v) is 14.2. The van der Waals surface area contributed by atoms with E-state index in [9.17, 15) is 9.59 Å². The molecular formula is C19H20N2O2S. The Bertz CT molecular complexity index is 718. The second kappa shape index (κ2) is 8.02. The number of amides is 2. The number of nitrogens with zero attached hydrogens (tertiary/aromatic N) is 1. The Kier molecular flexibility index (Phi) is 5.54. The van der Waals surface area contributed by atoms with Crippen LogP contribution in [0.5, 0.6) is 0 Å². The Morgan fingerprint density at radius 2 is 1.79 bits per heavy atom. The van der Waals surface area contributed by atoms with Crippen LogP contribution >= 0.6 is 11.8 Å². The first-order chi connectivity index (χ1) is 11.8. The predicted molar refractivity (Wildman–Crippen MR) is 97.5 cm³/mol. The number of nitrogens with one attached hydrogen (secondary N) is 1. The average Bonchev–Trinajstić information content (AvgIpc) is 2.65. The highest BCUT2D eigenvalue weighted by atomic mass is 32.2. The Balaban J connectivity index is 1.48. The molecule has 0 saturated carbocycles. The fraction of sp³-hybridized carbons (Fsp3) is 0.263. The minimum atomic E-state index is -0.0947. The Morgan fingerprint density at radius 3 is 2.62 bits per heavy atom. The van der Waals surface area contributed by atoms with E-state index >= 15 is 0 Å². The number of hydrogen-bond acceptors (Lipinski definition) is 3. The molecule has 24 heavy (non-hydrogen) atoms. The van der Waals surface area contributed by atoms with Crippen molar-refractivity contribution in [2.75, 3.05) is 23.7 Å². The van der Waals surface area contributed by atoms with Gasteiger partial charge in [0.05, 0.1) is 5.69 Å². The van der Waals surface area contributed by atoms with Crippen molar-refractivity contribution in [3.63, 3.8) is 0 Å². The molecule has 1 aliphatic rings. The van der Waals surface area contributed by atoms with Gasteiger partial charge in [0.25, 0.3) is 5.91 Å². The second-order valence-electron chi connectivity index (χ2n) is 5.59. The summed E-state index contributed by atoms with van der Waals surface area (Å²) in [5.74, 6) is 0.951. The first-order valence-electron chi connectivity index (χ1n) is 8.11. The van der Waals surface area contributed by atoms with Gasteiger partial charge in [-0.1, -0.05) is 30.3 Å². The number of rotatable bonds is 5. The summed E-state index contributed by atoms with van der Waals surface area (Å²) >= 11 is 1.79. The third-order valence-corrected chi connectivity index (χ3v) is 4.96. The molecule has 0 saturated heterocycles. The first kappa shape index (κ1) is 16.6. The molecule has 0 unspecified atom stereocenters. The minimum absolute atomic E-state index is 0.0947. The Labute approximate surface area is 146 Å². The lowest BCUT2D eigenvalue weighted by Gasteiger charge is -2.29. The Morgan fingerprint density at radius 1 is 1.04 bits per heavy atom. The van der Waals surface area contributed by atoms with E-state index in [1.165, 1.54) is 0 Å². The van der Waals surface area contributed by atoms with Crippen LogP contribution in [-0.2, 0) is 4.79 Å². The highest BCUT2D eigenvalue weighted by Crippen LogP contribution is 2.34. The number of anilines is 1. The third-order valence-electron chi connectivity index (χ3n) is 3.92. The van der Waals surface area contributed by atoms with Crippen molar-refractivity contribution < 1.29 is 9.59 Å². The summed E-state index contributed by atoms with van der Waals surface area (Å²) in [6.45, 7) is 1.25. The number of carbonyl (C=O) groups excluding carboxylic acids is 2. The van der Waals surface area contributed by atoms with Crippen LogP contribution in [0.2, 0.25) is 0 Å². The molecule has 0 aliphatic carbocycles. The van der Waals surface area contributed by atoms with E-state index in [-0.39, 0.29) is 11.8 Å². The van der Waals surface area contributed by atoms with Gasteiger partial charge in [-0.15, -0.1) is 11.8 Å². The highest BCUT2D eigenvalue weighted by molar-refractivity contribution is 7.99. The molecule has 0 aromatic heterocycles. The molecule has 124 valence electrons. The molecule has 0 atom stereocenters. The lowest BCUT2D eigenvalue weighted by Crippen LogP contribution is -2.35. The van der Waals surface area contributed by atoms with E-state index in [0.717, 1.165) is 22.9 Å². The van der Waals surface area contributed by atoms with Gasteiger partial charge in [0.2, 0.25) is 5.91 Å². The van der Waals surface area contributed by atoms with E-state index in [0.29, 0.717) is 24.9 Å². The topological polar surface area (TPSA) is 49.4 Å². The lowest BCUT2D eigenvalue weighted by molar-refractivity contribution is -0.118. The number of thioether (sulfide) groups is 1. The predicted octanol–water partition coefficient (Wildman–Crippen LogP) is 3.34. The van der Waals surface area contributed by atoms with Crippen LogP contribution < -0.4 is 10.2 Å². The number of benzene rings is 2. The maximum atomic E-state index is 12.5. The van der Waals surface area contributed by atoms with E-state index < -0.39 is 0 Å². The van der Waals surface area contributed by atoms with Gasteiger partial charge in [-0.25, -0.2) is 0 Å². The molecule has 0 radical (unpaired) electrons. The van der Waals surface area contributed by atoms with Crippen molar-refractivity contribution in [1.82, 2.24) is 5.32 Å². The van der Waals surface area contributed by atoms with Gasteiger partial charge in [-0.3, -0.25) is 9.59 Å². The standard InChI is InChI=1S/C19H20N2O2S/c22-18(21-13-14-24-17-10-5-4-9-16(17)21)11-6-12-20-19(23)15-7-2-1-3-8-15/h1-5,7-10H,6,11-14H2,(H,20,23). The summed E-state index contributed by atoms with van der Waals surface area (Å²) in [7, 11) is 0. The van der Waals surface area contributed by atoms with E-state index in [1.807, 2.05) is 41.3 Å². The van der Waals surface area contributed by atoms with Gasteiger partial charge in [-0.2, -0.15) is 0 Å². The van der Waals surface area contributed by atoms with Crippen molar-refractivity contribution in [2.24, 2.45) is 0 Å². The fourth-order valence-electron chi connectivity index (χ4n) is 2.70. The van der Waals surface area contributed by atoms with E-state index in [4.69, 9.17) is 0 Å². The molecular weight excluding hydrogens is 320 g/mol. The van der Waals surface area contributed by atoms with E-state index in [2.05, 4.69) is 11.4 Å². The van der Waals surface area contributed by atoms with Gasteiger partial charge in [0.1, 0.15) is 0 Å². The molecule has 4 nitrogen and oxygen atoms in total. The van der Waals surface area contributed by atoms with Crippen molar-refractivity contribution in [3.8, 4) is 0 Å². The SMILES string of the molecule is O=C(NCCCC(=O)N1CCSc2ccccc21)c1ccccc1. The molecule has 1 aliphatic heterocycles. The van der Waals surface area contributed by atoms with Crippen molar-refractivity contribution in [3.05, 3.63) is 60.2 Å². The molecule has 1 heterocycles. The molecule has 2 aromatic carbocycles. The van der Waals surface area contributed by atoms with Gasteiger partial charge in [-0.05, 0) is 30.7 Å². The number of para-hydroxylation sites is 1. The number of carbonyl (C=O) groups is 2. The summed E-state index contributed by atoms with van der Waals surface area (Å²) < 4.78 is 0. The monoisotopic (exact) mass is 340 g/mol. The molecule has 2 amide bonds. The van der Waals surface area contributed by atoms with E-state index in [1.54, 1.807) is 23.9 Å². The summed E-state index contributed by atoms with van der Waals surface area (Å²) in [6, 6.07) is 17.1. The number of fused-ring (bicyclic) bond motifs is 1. The largest absolute Gasteiger partial charge is 0.352 e. The molecule has 0 fully saturated rings. The lowest BCUT2D eigenvalue weighted by atomic mass is 10.2. The zero-order valence-electron chi connectivity index (χ0n) is 13.4. The molecule has 5 heteroatoms. The van der Waals surface area contributed by atoms with Gasteiger partial charge >= 0.3 is 0 Å². The van der Waals surface area contributed by atoms with Crippen molar-refractivity contribution in [1.29, 1.82) is 0 Å². The van der Waals surface area contributed by atoms with Crippen LogP contribution in [0.4, 0.5) is 5.69 Å². The molecule has 0 spiro atoms. The highest BCUT2D eigenvalue weighted by Gasteiger charge is 2.21. The van der Waals surface area contributed by atoms with Gasteiger partial charge in [0, 0.05) is 35.7 Å². The average molecular weight is 340 g/mol. The summed E-state index contributed by atoms with van der Waals surface area (Å²) in [5, 5.41) is 2.86. The minimum Gasteiger partial charge on any atom is -0.352 e. The van der Waals surface area contributed by atoms with Gasteiger partial charge < -0.3 is 10.2 Å². The molecule has 1 N–H and O–H groups in total. The maximum Gasteiger partial charge on any atom is 0.251 e. The van der Waals surface area contributed by atoms with Crippen molar-refractivity contribution >= 4 is 29.3 Å². The summed E-state index contributed by atoms with van der Waals surface area (Å²) in [5.41, 5.74) is 1.65. The smallest absolute Gasteiger partial charge is 0.251 e. The molecule has 0 bridgehead atoms. The van der Waals surface area contributed by atoms with Crippen LogP contribution in [0.1, 0.15) is 23.2 Å². The molecule has 2 aromatic rings. The van der Waals surface area contributed by atoms with Crippen LogP contribution in [-0.4, -0.2) is 30.7 Å². The third kappa shape index (κ3) is 3.97. The Hall–Kier alpha value is -2.27. The number of hydrogen-bond donors (Lipinski definition) is 1. The molecule has 3 rings (SSSR count). The zero-order chi connectivity index (χ0) is 16.8. The summed E-state index contributed by atoms with van der Waals surface area (Å²) in [4.78, 5) is 27.5. The quantitative estimate of drug-likeness (QED) is 0.850. The second-order valence-corrected chi connectivity index (χ2v) is 6.72. The van der Waals surface area contributed by atoms with Crippen LogP contribution in [0.25, 0.3) is 0 Å². The maximum absolute atomic E-state index is 12.5. The summed E-state index contributed by atoms with van der Waals surface area (Å²) in [6.07, 6.45) is 1.08. The fourth-order valence-corrected chi connectivity index (χ4v) is 3.69. The first-order valence-corrected chi connectivity index (χ1v) is 9.10. The van der Waals surface area contributed by atoms with Gasteiger partial charge in [0.15, 0.2) is 0 Å². The van der Waals surface area contributed by atoms with Crippen LogP contribution in [0.3, 0.4) is 0 Å².